The zero-order chi connectivity index (χ0) is 29.9. The number of hydrogen-bond donors (Lipinski definition) is 4. The number of fused-ring (bicyclic) bond motifs is 2. The molecule has 2 aliphatic rings. The van der Waals surface area contributed by atoms with Gasteiger partial charge in [-0.2, -0.15) is 13.2 Å². The molecular weight excluding hydrogens is 577 g/mol. The molecule has 5 N–H and O–H groups in total. The second-order valence-electron chi connectivity index (χ2n) is 11.5. The van der Waals surface area contributed by atoms with Gasteiger partial charge in [0.05, 0.1) is 27.9 Å². The predicted octanol–water partition coefficient (Wildman–Crippen LogP) is 3.70. The number of rotatable bonds is 8. The summed E-state index contributed by atoms with van der Waals surface area (Å²) in [6.45, 7) is 4.60. The van der Waals surface area contributed by atoms with E-state index in [4.69, 9.17) is 22.1 Å². The van der Waals surface area contributed by atoms with Gasteiger partial charge in [0.2, 0.25) is 0 Å². The molecule has 15 heteroatoms. The highest BCUT2D eigenvalue weighted by Crippen LogP contribution is 2.39. The Morgan fingerprint density at radius 1 is 1.19 bits per heavy atom. The molecule has 0 amide bonds. The molecule has 2 fully saturated rings. The summed E-state index contributed by atoms with van der Waals surface area (Å²) >= 11 is 5.84. The molecular formula is C27H32ClF3N8O3. The fourth-order valence-electron chi connectivity index (χ4n) is 6.12. The Bertz CT molecular complexity index is 1590. The summed E-state index contributed by atoms with van der Waals surface area (Å²) in [7, 11) is 0. The lowest BCUT2D eigenvalue weighted by molar-refractivity contribution is -0.137. The first kappa shape index (κ1) is 29.1. The Balaban J connectivity index is 1.06. The molecule has 1 aliphatic carbocycles. The molecule has 1 saturated heterocycles. The number of nitrogen functional groups attached to an aromatic ring is 1. The highest BCUT2D eigenvalue weighted by Gasteiger charge is 2.46. The van der Waals surface area contributed by atoms with Crippen molar-refractivity contribution in [2.24, 2.45) is 5.92 Å². The van der Waals surface area contributed by atoms with Crippen LogP contribution in [0, 0.1) is 5.92 Å². The number of nitrogens with zero attached hydrogens (tertiary/aromatic N) is 6. The standard InChI is InChI=1S/C27H32ClF3N8O3/c1-12(2)38(9-19-22(40)23(41)26(42-19)39-11-35-21-24(32)33-10-34-25(21)39)14-5-13(6-14)3-4-20-36-17-7-15(27(29,30)31)16(28)8-18(17)37-20/h7-8,10-14,19,22-23,26,40-41H,3-6,9H2,1-2H3,(H,36,37)(H2,32,33,34)/t13?,14?,19-,22+,23+,26-/m1/s1. The molecule has 1 saturated carbocycles. The van der Waals surface area contributed by atoms with Gasteiger partial charge < -0.3 is 25.7 Å². The lowest BCUT2D eigenvalue weighted by Crippen LogP contribution is -2.52. The molecule has 6 rings (SSSR count). The van der Waals surface area contributed by atoms with Crippen LogP contribution in [0.4, 0.5) is 19.0 Å². The van der Waals surface area contributed by atoms with Crippen molar-refractivity contribution in [1.82, 2.24) is 34.4 Å². The third-order valence-corrected chi connectivity index (χ3v) is 8.76. The Morgan fingerprint density at radius 3 is 2.67 bits per heavy atom. The van der Waals surface area contributed by atoms with Gasteiger partial charge in [-0.3, -0.25) is 9.47 Å². The fraction of sp³-hybridized carbons (Fsp3) is 0.556. The van der Waals surface area contributed by atoms with Crippen LogP contribution in [0.15, 0.2) is 24.8 Å². The number of nitrogens with two attached hydrogens (primary N) is 1. The van der Waals surface area contributed by atoms with Crippen LogP contribution >= 0.6 is 11.6 Å². The van der Waals surface area contributed by atoms with Crippen molar-refractivity contribution < 1.29 is 28.1 Å². The molecule has 0 radical (unpaired) electrons. The summed E-state index contributed by atoms with van der Waals surface area (Å²) in [5.41, 5.74) is 6.54. The topological polar surface area (TPSA) is 151 Å². The molecule has 0 spiro atoms. The van der Waals surface area contributed by atoms with Crippen LogP contribution in [0.1, 0.15) is 50.7 Å². The van der Waals surface area contributed by atoms with Crippen LogP contribution in [-0.2, 0) is 17.3 Å². The number of aromatic nitrogens is 6. The molecule has 0 unspecified atom stereocenters. The molecule has 4 aromatic rings. The Hall–Kier alpha value is -3.04. The van der Waals surface area contributed by atoms with E-state index in [2.05, 4.69) is 43.7 Å². The maximum Gasteiger partial charge on any atom is 0.417 e. The summed E-state index contributed by atoms with van der Waals surface area (Å²) in [6.07, 6.45) is -2.24. The summed E-state index contributed by atoms with van der Waals surface area (Å²) in [5.74, 6) is 1.27. The number of anilines is 1. The number of imidazole rings is 2. The minimum atomic E-state index is -4.53. The molecule has 0 bridgehead atoms. The summed E-state index contributed by atoms with van der Waals surface area (Å²) < 4.78 is 47.3. The van der Waals surface area contributed by atoms with E-state index < -0.39 is 36.3 Å². The maximum atomic E-state index is 13.2. The zero-order valence-electron chi connectivity index (χ0n) is 23.0. The van der Waals surface area contributed by atoms with Crippen LogP contribution in [0.25, 0.3) is 22.2 Å². The van der Waals surface area contributed by atoms with Crippen molar-refractivity contribution >= 4 is 39.6 Å². The first-order valence-electron chi connectivity index (χ1n) is 13.9. The highest BCUT2D eigenvalue weighted by atomic mass is 35.5. The van der Waals surface area contributed by atoms with Gasteiger partial charge >= 0.3 is 6.18 Å². The number of H-pyrrole nitrogens is 1. The number of hydrogen-bond acceptors (Lipinski definition) is 9. The lowest BCUT2D eigenvalue weighted by Gasteiger charge is -2.46. The minimum Gasteiger partial charge on any atom is -0.387 e. The number of nitrogens with one attached hydrogen (secondary N) is 1. The van der Waals surface area contributed by atoms with Crippen LogP contribution < -0.4 is 5.73 Å². The molecule has 4 heterocycles. The number of alkyl halides is 3. The van der Waals surface area contributed by atoms with Gasteiger partial charge in [-0.15, -0.1) is 0 Å². The van der Waals surface area contributed by atoms with Crippen LogP contribution in [-0.4, -0.2) is 81.5 Å². The lowest BCUT2D eigenvalue weighted by atomic mass is 9.76. The number of aliphatic hydroxyl groups is 2. The van der Waals surface area contributed by atoms with Gasteiger partial charge in [-0.1, -0.05) is 11.6 Å². The number of aliphatic hydroxyl groups excluding tert-OH is 2. The summed E-state index contributed by atoms with van der Waals surface area (Å²) in [6, 6.07) is 2.70. The van der Waals surface area contributed by atoms with Crippen LogP contribution in [0.5, 0.6) is 0 Å². The normalized spacial score (nSPS) is 26.6. The monoisotopic (exact) mass is 608 g/mol. The van der Waals surface area contributed by atoms with Gasteiger partial charge in [0.25, 0.3) is 0 Å². The molecule has 1 aliphatic heterocycles. The smallest absolute Gasteiger partial charge is 0.387 e. The first-order chi connectivity index (χ1) is 19.9. The molecule has 11 nitrogen and oxygen atoms in total. The fourth-order valence-corrected chi connectivity index (χ4v) is 6.39. The number of benzene rings is 1. The quantitative estimate of drug-likeness (QED) is 0.235. The Morgan fingerprint density at radius 2 is 1.95 bits per heavy atom. The number of halogens is 4. The number of aryl methyl sites for hydroxylation is 1. The van der Waals surface area contributed by atoms with Gasteiger partial charge in [0.15, 0.2) is 17.7 Å². The first-order valence-corrected chi connectivity index (χ1v) is 14.2. The van der Waals surface area contributed by atoms with Gasteiger partial charge in [-0.25, -0.2) is 19.9 Å². The third kappa shape index (κ3) is 5.30. The molecule has 226 valence electrons. The second kappa shape index (κ2) is 10.9. The average molecular weight is 609 g/mol. The van der Waals surface area contributed by atoms with E-state index in [0.29, 0.717) is 46.9 Å². The van der Waals surface area contributed by atoms with Crippen molar-refractivity contribution in [3.05, 3.63) is 41.2 Å². The van der Waals surface area contributed by atoms with E-state index in [1.54, 1.807) is 4.57 Å². The van der Waals surface area contributed by atoms with Gasteiger partial charge in [0.1, 0.15) is 36.0 Å². The number of ether oxygens (including phenoxy) is 1. The molecule has 4 atom stereocenters. The van der Waals surface area contributed by atoms with E-state index >= 15 is 0 Å². The van der Waals surface area contributed by atoms with Crippen molar-refractivity contribution in [2.45, 2.75) is 82.3 Å². The van der Waals surface area contributed by atoms with Crippen LogP contribution in [0.2, 0.25) is 5.02 Å². The van der Waals surface area contributed by atoms with Crippen molar-refractivity contribution in [3.8, 4) is 0 Å². The van der Waals surface area contributed by atoms with E-state index in [-0.39, 0.29) is 22.9 Å². The Kier molecular flexibility index (Phi) is 7.54. The third-order valence-electron chi connectivity index (χ3n) is 8.45. The van der Waals surface area contributed by atoms with E-state index in [9.17, 15) is 23.4 Å². The van der Waals surface area contributed by atoms with Crippen molar-refractivity contribution in [3.63, 3.8) is 0 Å². The largest absolute Gasteiger partial charge is 0.417 e. The average Bonchev–Trinajstić information content (AvgIpc) is 3.58. The minimum absolute atomic E-state index is 0.174. The highest BCUT2D eigenvalue weighted by molar-refractivity contribution is 6.32. The predicted molar refractivity (Wildman–Crippen MR) is 148 cm³/mol. The SMILES string of the molecule is CC(C)N(C[C@H]1O[C@@H](n2cnc3c(N)ncnc32)[C@@H](O)[C@H]1O)C1CC(CCc2nc3cc(Cl)c(C(F)(F)F)cc3[nH]2)C1. The van der Waals surface area contributed by atoms with Gasteiger partial charge in [0, 0.05) is 25.0 Å². The van der Waals surface area contributed by atoms with E-state index in [1.165, 1.54) is 18.7 Å². The summed E-state index contributed by atoms with van der Waals surface area (Å²) in [5, 5.41) is 21.4. The second-order valence-corrected chi connectivity index (χ2v) is 11.9. The van der Waals surface area contributed by atoms with Gasteiger partial charge in [-0.05, 0) is 51.2 Å². The Labute approximate surface area is 243 Å². The number of aromatic amines is 1. The van der Waals surface area contributed by atoms with Crippen molar-refractivity contribution in [2.75, 3.05) is 12.3 Å². The van der Waals surface area contributed by atoms with E-state index in [0.717, 1.165) is 25.3 Å². The van der Waals surface area contributed by atoms with Crippen molar-refractivity contribution in [1.29, 1.82) is 0 Å². The zero-order valence-corrected chi connectivity index (χ0v) is 23.7. The van der Waals surface area contributed by atoms with Crippen LogP contribution in [0.3, 0.4) is 0 Å². The maximum absolute atomic E-state index is 13.2. The summed E-state index contributed by atoms with van der Waals surface area (Å²) in [4.78, 5) is 22.1. The molecule has 42 heavy (non-hydrogen) atoms. The molecule has 3 aromatic heterocycles. The van der Waals surface area contributed by atoms with E-state index in [1.807, 2.05) is 0 Å². The molecule has 1 aromatic carbocycles.